The smallest absolute Gasteiger partial charge is 0.230 e. The van der Waals surface area contributed by atoms with Crippen molar-refractivity contribution in [2.75, 3.05) is 6.54 Å². The lowest BCUT2D eigenvalue weighted by molar-refractivity contribution is 0.222. The van der Waals surface area contributed by atoms with E-state index in [1.807, 2.05) is 6.92 Å². The van der Waals surface area contributed by atoms with E-state index >= 15 is 0 Å². The Morgan fingerprint density at radius 3 is 3.05 bits per heavy atom. The van der Waals surface area contributed by atoms with Gasteiger partial charge in [-0.05, 0) is 37.1 Å². The summed E-state index contributed by atoms with van der Waals surface area (Å²) in [4.78, 5) is 2.41. The van der Waals surface area contributed by atoms with Crippen LogP contribution in [-0.2, 0) is 6.54 Å². The summed E-state index contributed by atoms with van der Waals surface area (Å²) in [6, 6.07) is 8.98. The second-order valence-corrected chi connectivity index (χ2v) is 5.81. The fraction of sp³-hybridized carbons (Fsp3) is 0.429. The van der Waals surface area contributed by atoms with E-state index in [9.17, 15) is 0 Å². The van der Waals surface area contributed by atoms with Crippen LogP contribution in [0.4, 0.5) is 0 Å². The lowest BCUT2D eigenvalue weighted by atomic mass is 10.0. The molecular formula is C14H16BrN3O. The number of aryl methyl sites for hydroxylation is 1. The van der Waals surface area contributed by atoms with Gasteiger partial charge in [-0.2, -0.15) is 0 Å². The van der Waals surface area contributed by atoms with Crippen molar-refractivity contribution >= 4 is 15.9 Å². The Bertz CT molecular complexity index is 569. The number of rotatable bonds is 3. The number of benzene rings is 1. The summed E-state index contributed by atoms with van der Waals surface area (Å²) < 4.78 is 6.61. The Kier molecular flexibility index (Phi) is 3.66. The molecule has 5 heteroatoms. The molecular weight excluding hydrogens is 306 g/mol. The SMILES string of the molecule is Cc1nnc(CN2CCC[C@H]2c2cccc(Br)c2)o1. The number of likely N-dealkylation sites (tertiary alicyclic amines) is 1. The third kappa shape index (κ3) is 2.87. The molecule has 1 aliphatic heterocycles. The zero-order valence-electron chi connectivity index (χ0n) is 10.8. The van der Waals surface area contributed by atoms with Crippen LogP contribution in [0.5, 0.6) is 0 Å². The summed E-state index contributed by atoms with van der Waals surface area (Å²) >= 11 is 3.54. The minimum Gasteiger partial charge on any atom is -0.424 e. The van der Waals surface area contributed by atoms with Crippen LogP contribution in [-0.4, -0.2) is 21.6 Å². The summed E-state index contributed by atoms with van der Waals surface area (Å²) in [6.45, 7) is 3.64. The Morgan fingerprint density at radius 2 is 2.32 bits per heavy atom. The quantitative estimate of drug-likeness (QED) is 0.868. The molecule has 1 aromatic carbocycles. The predicted octanol–water partition coefficient (Wildman–Crippen LogP) is 3.48. The second-order valence-electron chi connectivity index (χ2n) is 4.90. The fourth-order valence-corrected chi connectivity index (χ4v) is 3.10. The Morgan fingerprint density at radius 1 is 1.42 bits per heavy atom. The first-order valence-corrected chi connectivity index (χ1v) is 7.30. The van der Waals surface area contributed by atoms with E-state index in [0.29, 0.717) is 17.8 Å². The summed E-state index contributed by atoms with van der Waals surface area (Å²) in [5.41, 5.74) is 1.35. The minimum absolute atomic E-state index is 0.449. The molecule has 1 atom stereocenters. The summed E-state index contributed by atoms with van der Waals surface area (Å²) in [6.07, 6.45) is 2.40. The predicted molar refractivity (Wildman–Crippen MR) is 75.6 cm³/mol. The molecule has 19 heavy (non-hydrogen) atoms. The van der Waals surface area contributed by atoms with Gasteiger partial charge in [0.25, 0.3) is 0 Å². The zero-order chi connectivity index (χ0) is 13.2. The Balaban J connectivity index is 1.78. The van der Waals surface area contributed by atoms with Crippen molar-refractivity contribution in [2.45, 2.75) is 32.4 Å². The van der Waals surface area contributed by atoms with E-state index in [0.717, 1.165) is 17.6 Å². The van der Waals surface area contributed by atoms with E-state index in [-0.39, 0.29) is 0 Å². The van der Waals surface area contributed by atoms with Gasteiger partial charge in [0.05, 0.1) is 6.54 Å². The van der Waals surface area contributed by atoms with Crippen LogP contribution in [0.25, 0.3) is 0 Å². The maximum Gasteiger partial charge on any atom is 0.230 e. The largest absolute Gasteiger partial charge is 0.424 e. The topological polar surface area (TPSA) is 42.2 Å². The van der Waals surface area contributed by atoms with Crippen molar-refractivity contribution in [1.82, 2.24) is 15.1 Å². The maximum absolute atomic E-state index is 5.48. The summed E-state index contributed by atoms with van der Waals surface area (Å²) in [5, 5.41) is 7.98. The molecule has 4 nitrogen and oxygen atoms in total. The standard InChI is InChI=1S/C14H16BrN3O/c1-10-16-17-14(19-10)9-18-7-3-6-13(18)11-4-2-5-12(15)8-11/h2,4-5,8,13H,3,6-7,9H2,1H3/t13-/m0/s1. The highest BCUT2D eigenvalue weighted by molar-refractivity contribution is 9.10. The molecule has 0 spiro atoms. The number of nitrogens with zero attached hydrogens (tertiary/aromatic N) is 3. The van der Waals surface area contributed by atoms with E-state index in [1.165, 1.54) is 18.4 Å². The number of halogens is 1. The van der Waals surface area contributed by atoms with Gasteiger partial charge in [-0.1, -0.05) is 28.1 Å². The average molecular weight is 322 g/mol. The van der Waals surface area contributed by atoms with Crippen LogP contribution < -0.4 is 0 Å². The van der Waals surface area contributed by atoms with Crippen LogP contribution >= 0.6 is 15.9 Å². The third-order valence-corrected chi connectivity index (χ3v) is 4.00. The van der Waals surface area contributed by atoms with Gasteiger partial charge >= 0.3 is 0 Å². The molecule has 3 rings (SSSR count). The summed E-state index contributed by atoms with van der Waals surface area (Å²) in [5.74, 6) is 1.34. The molecule has 1 aromatic heterocycles. The zero-order valence-corrected chi connectivity index (χ0v) is 12.4. The average Bonchev–Trinajstić information content (AvgIpc) is 2.99. The minimum atomic E-state index is 0.449. The van der Waals surface area contributed by atoms with Crippen LogP contribution in [0.3, 0.4) is 0 Å². The molecule has 0 amide bonds. The van der Waals surface area contributed by atoms with Crippen LogP contribution in [0.1, 0.15) is 36.2 Å². The van der Waals surface area contributed by atoms with Crippen molar-refractivity contribution in [3.05, 3.63) is 46.1 Å². The highest BCUT2D eigenvalue weighted by atomic mass is 79.9. The highest BCUT2D eigenvalue weighted by Crippen LogP contribution is 2.33. The van der Waals surface area contributed by atoms with Crippen molar-refractivity contribution in [3.63, 3.8) is 0 Å². The molecule has 1 aliphatic rings. The van der Waals surface area contributed by atoms with Gasteiger partial charge in [-0.15, -0.1) is 10.2 Å². The maximum atomic E-state index is 5.48. The highest BCUT2D eigenvalue weighted by Gasteiger charge is 2.27. The fourth-order valence-electron chi connectivity index (χ4n) is 2.68. The molecule has 1 saturated heterocycles. The Labute approximate surface area is 121 Å². The lowest BCUT2D eigenvalue weighted by Crippen LogP contribution is -2.22. The van der Waals surface area contributed by atoms with Crippen molar-refractivity contribution < 1.29 is 4.42 Å². The van der Waals surface area contributed by atoms with E-state index < -0.39 is 0 Å². The first-order valence-electron chi connectivity index (χ1n) is 6.51. The Hall–Kier alpha value is -1.20. The first-order chi connectivity index (χ1) is 9.22. The van der Waals surface area contributed by atoms with Crippen molar-refractivity contribution in [1.29, 1.82) is 0 Å². The van der Waals surface area contributed by atoms with Crippen LogP contribution in [0.2, 0.25) is 0 Å². The molecule has 0 unspecified atom stereocenters. The number of aromatic nitrogens is 2. The van der Waals surface area contributed by atoms with Gasteiger partial charge in [-0.3, -0.25) is 4.90 Å². The molecule has 0 aliphatic carbocycles. The van der Waals surface area contributed by atoms with Crippen molar-refractivity contribution in [3.8, 4) is 0 Å². The molecule has 0 N–H and O–H groups in total. The molecule has 100 valence electrons. The normalized spacial score (nSPS) is 20.0. The first kappa shape index (κ1) is 12.8. The molecule has 0 bridgehead atoms. The van der Waals surface area contributed by atoms with Crippen LogP contribution in [0, 0.1) is 6.92 Å². The molecule has 1 fully saturated rings. The summed E-state index contributed by atoms with van der Waals surface area (Å²) in [7, 11) is 0. The number of hydrogen-bond donors (Lipinski definition) is 0. The number of hydrogen-bond acceptors (Lipinski definition) is 4. The van der Waals surface area contributed by atoms with Gasteiger partial charge in [0.15, 0.2) is 0 Å². The molecule has 2 heterocycles. The second kappa shape index (κ2) is 5.43. The molecule has 0 saturated carbocycles. The van der Waals surface area contributed by atoms with Crippen molar-refractivity contribution in [2.24, 2.45) is 0 Å². The lowest BCUT2D eigenvalue weighted by Gasteiger charge is -2.23. The van der Waals surface area contributed by atoms with E-state index in [1.54, 1.807) is 0 Å². The van der Waals surface area contributed by atoms with E-state index in [2.05, 4.69) is 55.3 Å². The van der Waals surface area contributed by atoms with Gasteiger partial charge in [0.2, 0.25) is 11.8 Å². The van der Waals surface area contributed by atoms with E-state index in [4.69, 9.17) is 4.42 Å². The van der Waals surface area contributed by atoms with Gasteiger partial charge in [0.1, 0.15) is 0 Å². The van der Waals surface area contributed by atoms with Gasteiger partial charge in [-0.25, -0.2) is 0 Å². The van der Waals surface area contributed by atoms with Gasteiger partial charge < -0.3 is 4.42 Å². The third-order valence-electron chi connectivity index (χ3n) is 3.50. The monoisotopic (exact) mass is 321 g/mol. The molecule has 2 aromatic rings. The van der Waals surface area contributed by atoms with Gasteiger partial charge in [0, 0.05) is 17.4 Å². The molecule has 0 radical (unpaired) electrons. The van der Waals surface area contributed by atoms with Crippen LogP contribution in [0.15, 0.2) is 33.2 Å².